The van der Waals surface area contributed by atoms with Gasteiger partial charge in [-0.2, -0.15) is 0 Å². The Labute approximate surface area is 120 Å². The van der Waals surface area contributed by atoms with Crippen LogP contribution in [0.15, 0.2) is 12.1 Å². The molecular weight excluding hydrogens is 267 g/mol. The number of anilines is 2. The monoisotopic (exact) mass is 288 g/mol. The van der Waals surface area contributed by atoms with Crippen LogP contribution in [0.1, 0.15) is 45.4 Å². The minimum Gasteiger partial charge on any atom is -0.399 e. The van der Waals surface area contributed by atoms with Crippen molar-refractivity contribution in [2.45, 2.75) is 45.4 Å². The van der Waals surface area contributed by atoms with E-state index in [1.54, 1.807) is 12.1 Å². The van der Waals surface area contributed by atoms with Crippen LogP contribution < -0.4 is 11.1 Å². The average molecular weight is 289 g/mol. The summed E-state index contributed by atoms with van der Waals surface area (Å²) in [6, 6.07) is 3.44. The van der Waals surface area contributed by atoms with Gasteiger partial charge < -0.3 is 11.1 Å². The molecule has 1 aromatic carbocycles. The molecular formula is C14H22Cl2N2. The SMILES string of the molecule is CCCCCCCCNc1c(Cl)cc(N)cc1Cl. The van der Waals surface area contributed by atoms with Crippen LogP contribution in [-0.2, 0) is 0 Å². The van der Waals surface area contributed by atoms with Crippen LogP contribution in [0.25, 0.3) is 0 Å². The first-order chi connectivity index (χ1) is 8.65. The fourth-order valence-corrected chi connectivity index (χ4v) is 2.52. The highest BCUT2D eigenvalue weighted by Crippen LogP contribution is 2.32. The van der Waals surface area contributed by atoms with Gasteiger partial charge in [-0.3, -0.25) is 0 Å². The molecule has 0 bridgehead atoms. The van der Waals surface area contributed by atoms with Crippen LogP contribution in [0, 0.1) is 0 Å². The van der Waals surface area contributed by atoms with E-state index in [1.807, 2.05) is 0 Å². The summed E-state index contributed by atoms with van der Waals surface area (Å²) in [5.41, 5.74) is 7.04. The average Bonchev–Trinajstić information content (AvgIpc) is 2.30. The first kappa shape index (κ1) is 15.5. The third-order valence-electron chi connectivity index (χ3n) is 2.90. The van der Waals surface area contributed by atoms with Gasteiger partial charge >= 0.3 is 0 Å². The summed E-state index contributed by atoms with van der Waals surface area (Å²) in [6.07, 6.45) is 7.65. The molecule has 0 saturated heterocycles. The molecule has 0 fully saturated rings. The second kappa shape index (κ2) is 8.49. The summed E-state index contributed by atoms with van der Waals surface area (Å²) in [6.45, 7) is 3.13. The molecule has 0 heterocycles. The third kappa shape index (κ3) is 5.36. The molecule has 0 atom stereocenters. The van der Waals surface area contributed by atoms with Gasteiger partial charge in [0, 0.05) is 12.2 Å². The topological polar surface area (TPSA) is 38.0 Å². The van der Waals surface area contributed by atoms with Crippen LogP contribution in [0.5, 0.6) is 0 Å². The van der Waals surface area contributed by atoms with Crippen LogP contribution in [0.4, 0.5) is 11.4 Å². The summed E-state index contributed by atoms with van der Waals surface area (Å²) in [4.78, 5) is 0. The van der Waals surface area contributed by atoms with Crippen molar-refractivity contribution in [2.75, 3.05) is 17.6 Å². The van der Waals surface area contributed by atoms with E-state index in [-0.39, 0.29) is 0 Å². The first-order valence-corrected chi connectivity index (χ1v) is 7.39. The summed E-state index contributed by atoms with van der Waals surface area (Å²) < 4.78 is 0. The quantitative estimate of drug-likeness (QED) is 0.500. The number of nitrogens with one attached hydrogen (secondary N) is 1. The molecule has 0 aliphatic rings. The van der Waals surface area contributed by atoms with E-state index in [1.165, 1.54) is 32.1 Å². The van der Waals surface area contributed by atoms with Gasteiger partial charge in [0.15, 0.2) is 0 Å². The van der Waals surface area contributed by atoms with Crippen LogP contribution in [-0.4, -0.2) is 6.54 Å². The zero-order valence-electron chi connectivity index (χ0n) is 10.9. The summed E-state index contributed by atoms with van der Waals surface area (Å²) >= 11 is 12.2. The molecule has 0 radical (unpaired) electrons. The Hall–Kier alpha value is -0.600. The number of unbranched alkanes of at least 4 members (excludes halogenated alkanes) is 5. The normalized spacial score (nSPS) is 10.6. The highest BCUT2D eigenvalue weighted by Gasteiger charge is 2.06. The Morgan fingerprint density at radius 3 is 2.17 bits per heavy atom. The van der Waals surface area contributed by atoms with Crippen LogP contribution in [0.2, 0.25) is 10.0 Å². The minimum absolute atomic E-state index is 0.589. The van der Waals surface area contributed by atoms with E-state index in [9.17, 15) is 0 Å². The van der Waals surface area contributed by atoms with Gasteiger partial charge in [0.05, 0.1) is 15.7 Å². The Morgan fingerprint density at radius 2 is 1.56 bits per heavy atom. The fourth-order valence-electron chi connectivity index (χ4n) is 1.88. The number of halogens is 2. The van der Waals surface area contributed by atoms with Crippen molar-refractivity contribution in [3.05, 3.63) is 22.2 Å². The first-order valence-electron chi connectivity index (χ1n) is 6.63. The van der Waals surface area contributed by atoms with Gasteiger partial charge in [0.25, 0.3) is 0 Å². The summed E-state index contributed by atoms with van der Waals surface area (Å²) in [5, 5.41) is 4.46. The van der Waals surface area contributed by atoms with Crippen molar-refractivity contribution in [3.8, 4) is 0 Å². The second-order valence-corrected chi connectivity index (χ2v) is 5.37. The Balaban J connectivity index is 2.27. The molecule has 1 aromatic rings. The molecule has 2 nitrogen and oxygen atoms in total. The van der Waals surface area contributed by atoms with E-state index < -0.39 is 0 Å². The molecule has 0 aliphatic heterocycles. The van der Waals surface area contributed by atoms with Crippen molar-refractivity contribution < 1.29 is 0 Å². The minimum atomic E-state index is 0.589. The predicted octanol–water partition coefficient (Wildman–Crippen LogP) is 5.35. The zero-order chi connectivity index (χ0) is 13.4. The molecule has 0 spiro atoms. The van der Waals surface area contributed by atoms with Gasteiger partial charge in [-0.1, -0.05) is 62.2 Å². The Morgan fingerprint density at radius 1 is 1.00 bits per heavy atom. The van der Waals surface area contributed by atoms with Gasteiger partial charge in [0.1, 0.15) is 0 Å². The standard InChI is InChI=1S/C14H22Cl2N2/c1-2-3-4-5-6-7-8-18-14-12(15)9-11(17)10-13(14)16/h9-10,18H,2-8,17H2,1H3. The third-order valence-corrected chi connectivity index (χ3v) is 3.49. The molecule has 3 N–H and O–H groups in total. The lowest BCUT2D eigenvalue weighted by Gasteiger charge is -2.11. The smallest absolute Gasteiger partial charge is 0.0720 e. The highest BCUT2D eigenvalue weighted by molar-refractivity contribution is 6.39. The number of rotatable bonds is 8. The Bertz CT molecular complexity index is 344. The maximum absolute atomic E-state index is 6.09. The highest BCUT2D eigenvalue weighted by atomic mass is 35.5. The second-order valence-electron chi connectivity index (χ2n) is 4.55. The van der Waals surface area contributed by atoms with Crippen molar-refractivity contribution in [1.82, 2.24) is 0 Å². The van der Waals surface area contributed by atoms with Gasteiger partial charge in [-0.25, -0.2) is 0 Å². The van der Waals surface area contributed by atoms with Crippen LogP contribution in [0.3, 0.4) is 0 Å². The number of benzene rings is 1. The molecule has 1 rings (SSSR count). The van der Waals surface area contributed by atoms with E-state index in [0.29, 0.717) is 15.7 Å². The van der Waals surface area contributed by atoms with E-state index in [0.717, 1.165) is 18.7 Å². The number of hydrogen-bond donors (Lipinski definition) is 2. The molecule has 0 amide bonds. The number of hydrogen-bond acceptors (Lipinski definition) is 2. The maximum Gasteiger partial charge on any atom is 0.0720 e. The molecule has 102 valence electrons. The molecule has 4 heteroatoms. The largest absolute Gasteiger partial charge is 0.399 e. The van der Waals surface area contributed by atoms with Gasteiger partial charge in [-0.15, -0.1) is 0 Å². The summed E-state index contributed by atoms with van der Waals surface area (Å²) in [7, 11) is 0. The van der Waals surface area contributed by atoms with Gasteiger partial charge in [-0.05, 0) is 18.6 Å². The van der Waals surface area contributed by atoms with E-state index in [4.69, 9.17) is 28.9 Å². The van der Waals surface area contributed by atoms with Gasteiger partial charge in [0.2, 0.25) is 0 Å². The molecule has 0 aromatic heterocycles. The molecule has 0 aliphatic carbocycles. The van der Waals surface area contributed by atoms with E-state index in [2.05, 4.69) is 12.2 Å². The lowest BCUT2D eigenvalue weighted by atomic mass is 10.1. The fraction of sp³-hybridized carbons (Fsp3) is 0.571. The predicted molar refractivity (Wildman–Crippen MR) is 82.7 cm³/mol. The maximum atomic E-state index is 6.09. The lowest BCUT2D eigenvalue weighted by Crippen LogP contribution is -2.03. The zero-order valence-corrected chi connectivity index (χ0v) is 12.4. The molecule has 0 saturated carbocycles. The summed E-state index contributed by atoms with van der Waals surface area (Å²) in [5.74, 6) is 0. The van der Waals surface area contributed by atoms with E-state index >= 15 is 0 Å². The van der Waals surface area contributed by atoms with Crippen LogP contribution >= 0.6 is 23.2 Å². The molecule has 18 heavy (non-hydrogen) atoms. The van der Waals surface area contributed by atoms with Crippen molar-refractivity contribution >= 4 is 34.6 Å². The van der Waals surface area contributed by atoms with Crippen molar-refractivity contribution in [2.24, 2.45) is 0 Å². The Kier molecular flexibility index (Phi) is 7.29. The number of nitrogens with two attached hydrogens (primary N) is 1. The van der Waals surface area contributed by atoms with Crippen molar-refractivity contribution in [3.63, 3.8) is 0 Å². The molecule has 0 unspecified atom stereocenters. The van der Waals surface area contributed by atoms with Crippen molar-refractivity contribution in [1.29, 1.82) is 0 Å². The number of nitrogen functional groups attached to an aromatic ring is 1. The lowest BCUT2D eigenvalue weighted by molar-refractivity contribution is 0.617.